The molecule has 7 nitrogen and oxygen atoms in total. The summed E-state index contributed by atoms with van der Waals surface area (Å²) in [5, 5.41) is 14.5. The van der Waals surface area contributed by atoms with Crippen LogP contribution < -0.4 is 15.0 Å². The third-order valence-corrected chi connectivity index (χ3v) is 8.82. The van der Waals surface area contributed by atoms with E-state index in [1.54, 1.807) is 6.07 Å². The SMILES string of the molecule is Oc1cccc(F)c1-c1ccc2c(N3C[C@H]4CC[C@@H](C3)N4)nc(OCC34CCCN3CCC4)nc2c1F. The van der Waals surface area contributed by atoms with Crippen molar-refractivity contribution in [2.24, 2.45) is 0 Å². The van der Waals surface area contributed by atoms with Crippen molar-refractivity contribution in [3.8, 4) is 22.9 Å². The van der Waals surface area contributed by atoms with Crippen LogP contribution in [-0.4, -0.2) is 70.4 Å². The summed E-state index contributed by atoms with van der Waals surface area (Å²) in [4.78, 5) is 14.1. The first-order valence-electron chi connectivity index (χ1n) is 13.4. The zero-order chi connectivity index (χ0) is 25.1. The van der Waals surface area contributed by atoms with E-state index in [2.05, 4.69) is 20.1 Å². The molecule has 0 saturated carbocycles. The number of aromatic hydroxyl groups is 1. The third-order valence-electron chi connectivity index (χ3n) is 8.82. The molecule has 9 heteroatoms. The predicted molar refractivity (Wildman–Crippen MR) is 137 cm³/mol. The minimum atomic E-state index is -0.690. The van der Waals surface area contributed by atoms with Crippen LogP contribution in [0.3, 0.4) is 0 Å². The molecule has 3 aromatic rings. The molecule has 2 atom stereocenters. The Bertz CT molecular complexity index is 1330. The number of ether oxygens (including phenoxy) is 1. The minimum absolute atomic E-state index is 0.00594. The van der Waals surface area contributed by atoms with Gasteiger partial charge in [0.25, 0.3) is 0 Å². The van der Waals surface area contributed by atoms with Gasteiger partial charge in [0.15, 0.2) is 5.82 Å². The van der Waals surface area contributed by atoms with E-state index in [1.165, 1.54) is 24.3 Å². The maximum absolute atomic E-state index is 16.1. The van der Waals surface area contributed by atoms with Crippen molar-refractivity contribution in [3.05, 3.63) is 42.0 Å². The number of phenolic OH excluding ortho intramolecular Hbond substituents is 1. The average Bonchev–Trinajstić information content (AvgIpc) is 3.57. The Kier molecular flexibility index (Phi) is 5.48. The molecule has 0 amide bonds. The van der Waals surface area contributed by atoms with Gasteiger partial charge in [-0.2, -0.15) is 9.97 Å². The third kappa shape index (κ3) is 3.82. The van der Waals surface area contributed by atoms with Gasteiger partial charge in [-0.15, -0.1) is 0 Å². The molecule has 5 heterocycles. The molecule has 4 fully saturated rings. The number of benzene rings is 2. The topological polar surface area (TPSA) is 73.8 Å². The van der Waals surface area contributed by atoms with E-state index in [0.717, 1.165) is 64.7 Å². The highest BCUT2D eigenvalue weighted by molar-refractivity contribution is 5.94. The van der Waals surface area contributed by atoms with Crippen LogP contribution in [0, 0.1) is 11.6 Å². The molecule has 0 radical (unpaired) electrons. The van der Waals surface area contributed by atoms with Gasteiger partial charge >= 0.3 is 6.01 Å². The summed E-state index contributed by atoms with van der Waals surface area (Å²) in [6.45, 7) is 4.19. The van der Waals surface area contributed by atoms with E-state index >= 15 is 4.39 Å². The number of nitrogens with one attached hydrogen (secondary N) is 1. The molecule has 37 heavy (non-hydrogen) atoms. The molecule has 1 aromatic heterocycles. The number of nitrogens with zero attached hydrogens (tertiary/aromatic N) is 4. The number of hydrogen-bond donors (Lipinski definition) is 2. The first kappa shape index (κ1) is 23.1. The summed E-state index contributed by atoms with van der Waals surface area (Å²) < 4.78 is 37.0. The standard InChI is InChI=1S/C28H31F2N5O2/c29-21-4-1-5-22(36)23(21)19-8-9-20-25(24(19)30)32-27(37-16-28-10-2-12-35(28)13-3-11-28)33-26(20)34-14-17-6-7-18(15-34)31-17/h1,4-5,8-9,17-18,31,36H,2-3,6-7,10-16H2/t17-,18+. The lowest BCUT2D eigenvalue weighted by molar-refractivity contribution is 0.108. The second-order valence-electron chi connectivity index (χ2n) is 11.0. The van der Waals surface area contributed by atoms with Crippen LogP contribution >= 0.6 is 0 Å². The summed E-state index contributed by atoms with van der Waals surface area (Å²) in [5.74, 6) is -1.05. The first-order valence-corrected chi connectivity index (χ1v) is 13.4. The summed E-state index contributed by atoms with van der Waals surface area (Å²) in [7, 11) is 0. The Labute approximate surface area is 214 Å². The molecule has 2 aromatic carbocycles. The van der Waals surface area contributed by atoms with Crippen LogP contribution in [0.1, 0.15) is 38.5 Å². The van der Waals surface area contributed by atoms with E-state index in [0.29, 0.717) is 29.9 Å². The first-order chi connectivity index (χ1) is 18.0. The molecule has 0 spiro atoms. The molecule has 7 rings (SSSR count). The molecule has 2 N–H and O–H groups in total. The average molecular weight is 508 g/mol. The molecule has 4 saturated heterocycles. The predicted octanol–water partition coefficient (Wildman–Crippen LogP) is 4.23. The Morgan fingerprint density at radius 2 is 1.78 bits per heavy atom. The fourth-order valence-electron chi connectivity index (χ4n) is 7.03. The highest BCUT2D eigenvalue weighted by Crippen LogP contribution is 2.41. The Morgan fingerprint density at radius 1 is 1.03 bits per heavy atom. The molecular formula is C28H31F2N5O2. The number of aromatic nitrogens is 2. The molecule has 194 valence electrons. The molecule has 2 bridgehead atoms. The molecule has 0 unspecified atom stereocenters. The lowest BCUT2D eigenvalue weighted by Crippen LogP contribution is -2.51. The van der Waals surface area contributed by atoms with E-state index < -0.39 is 11.6 Å². The number of phenols is 1. The van der Waals surface area contributed by atoms with Crippen LogP contribution in [0.4, 0.5) is 14.6 Å². The Morgan fingerprint density at radius 3 is 2.51 bits per heavy atom. The van der Waals surface area contributed by atoms with Crippen LogP contribution in [0.15, 0.2) is 30.3 Å². The fourth-order valence-corrected chi connectivity index (χ4v) is 7.03. The van der Waals surface area contributed by atoms with Gasteiger partial charge < -0.3 is 20.1 Å². The monoisotopic (exact) mass is 507 g/mol. The lowest BCUT2D eigenvalue weighted by atomic mass is 9.95. The number of rotatable bonds is 5. The van der Waals surface area contributed by atoms with E-state index in [1.807, 2.05) is 0 Å². The van der Waals surface area contributed by atoms with Gasteiger partial charge in [-0.1, -0.05) is 12.1 Å². The van der Waals surface area contributed by atoms with Gasteiger partial charge in [-0.05, 0) is 69.8 Å². The van der Waals surface area contributed by atoms with Crippen molar-refractivity contribution in [2.45, 2.75) is 56.1 Å². The van der Waals surface area contributed by atoms with Crippen molar-refractivity contribution in [1.29, 1.82) is 0 Å². The molecular weight excluding hydrogens is 476 g/mol. The van der Waals surface area contributed by atoms with E-state index in [-0.39, 0.29) is 33.9 Å². The highest BCUT2D eigenvalue weighted by Gasteiger charge is 2.45. The second kappa shape index (κ2) is 8.77. The van der Waals surface area contributed by atoms with Crippen molar-refractivity contribution >= 4 is 16.7 Å². The number of piperazine rings is 1. The summed E-state index contributed by atoms with van der Waals surface area (Å²) in [6.07, 6.45) is 6.69. The molecule has 4 aliphatic rings. The highest BCUT2D eigenvalue weighted by atomic mass is 19.1. The van der Waals surface area contributed by atoms with Crippen LogP contribution in [0.2, 0.25) is 0 Å². The summed E-state index contributed by atoms with van der Waals surface area (Å²) >= 11 is 0. The van der Waals surface area contributed by atoms with Gasteiger partial charge in [0.2, 0.25) is 0 Å². The molecule has 4 aliphatic heterocycles. The minimum Gasteiger partial charge on any atom is -0.507 e. The number of hydrogen-bond acceptors (Lipinski definition) is 7. The smallest absolute Gasteiger partial charge is 0.319 e. The molecule has 0 aliphatic carbocycles. The van der Waals surface area contributed by atoms with Crippen molar-refractivity contribution in [2.75, 3.05) is 37.7 Å². The Balaban J connectivity index is 1.33. The largest absolute Gasteiger partial charge is 0.507 e. The summed E-state index contributed by atoms with van der Waals surface area (Å²) in [5.41, 5.74) is -0.115. The van der Waals surface area contributed by atoms with E-state index in [4.69, 9.17) is 9.72 Å². The van der Waals surface area contributed by atoms with Gasteiger partial charge in [-0.3, -0.25) is 4.90 Å². The zero-order valence-electron chi connectivity index (χ0n) is 20.7. The van der Waals surface area contributed by atoms with Gasteiger partial charge in [0, 0.05) is 36.1 Å². The summed E-state index contributed by atoms with van der Waals surface area (Å²) in [6, 6.07) is 8.10. The fraction of sp³-hybridized carbons (Fsp3) is 0.500. The maximum atomic E-state index is 16.1. The van der Waals surface area contributed by atoms with Crippen molar-refractivity contribution in [3.63, 3.8) is 0 Å². The Hall–Kier alpha value is -3.04. The zero-order valence-corrected chi connectivity index (χ0v) is 20.7. The van der Waals surface area contributed by atoms with Crippen molar-refractivity contribution < 1.29 is 18.6 Å². The van der Waals surface area contributed by atoms with Gasteiger partial charge in [0.05, 0.1) is 11.1 Å². The normalized spacial score (nSPS) is 24.6. The van der Waals surface area contributed by atoms with E-state index in [9.17, 15) is 9.50 Å². The van der Waals surface area contributed by atoms with Crippen LogP contribution in [0.25, 0.3) is 22.0 Å². The number of fused-ring (bicyclic) bond motifs is 4. The van der Waals surface area contributed by atoms with Gasteiger partial charge in [-0.25, -0.2) is 8.78 Å². The maximum Gasteiger partial charge on any atom is 0.319 e. The lowest BCUT2D eigenvalue weighted by Gasteiger charge is -2.34. The van der Waals surface area contributed by atoms with Gasteiger partial charge in [0.1, 0.15) is 29.5 Å². The second-order valence-corrected chi connectivity index (χ2v) is 11.0. The van der Waals surface area contributed by atoms with Crippen LogP contribution in [0.5, 0.6) is 11.8 Å². The van der Waals surface area contributed by atoms with Crippen molar-refractivity contribution in [1.82, 2.24) is 20.2 Å². The van der Waals surface area contributed by atoms with Crippen LogP contribution in [-0.2, 0) is 0 Å². The number of halogens is 2. The quantitative estimate of drug-likeness (QED) is 0.536. The number of anilines is 1.